The van der Waals surface area contributed by atoms with Crippen molar-refractivity contribution < 1.29 is 5.11 Å². The van der Waals surface area contributed by atoms with E-state index in [0.717, 1.165) is 13.0 Å². The minimum atomic E-state index is 0.333. The molecule has 3 N–H and O–H groups in total. The zero-order valence-corrected chi connectivity index (χ0v) is 16.6. The third-order valence-corrected chi connectivity index (χ3v) is 6.53. The second-order valence-electron chi connectivity index (χ2n) is 8.35. The molecule has 0 saturated heterocycles. The summed E-state index contributed by atoms with van der Waals surface area (Å²) >= 11 is 0. The number of rotatable bonds is 5. The monoisotopic (exact) mass is 384 g/mol. The summed E-state index contributed by atoms with van der Waals surface area (Å²) in [6.07, 6.45) is 4.75. The van der Waals surface area contributed by atoms with E-state index in [1.807, 2.05) is 12.1 Å². The predicted octanol–water partition coefficient (Wildman–Crippen LogP) is 5.32. The normalized spacial score (nSPS) is 22.6. The minimum Gasteiger partial charge on any atom is -0.508 e. The lowest BCUT2D eigenvalue weighted by Gasteiger charge is -2.35. The van der Waals surface area contributed by atoms with Crippen LogP contribution in [-0.2, 0) is 6.42 Å². The highest BCUT2D eigenvalue weighted by atomic mass is 16.3. The van der Waals surface area contributed by atoms with Crippen molar-refractivity contribution in [1.29, 1.82) is 0 Å². The number of fused-ring (bicyclic) bond motifs is 3. The van der Waals surface area contributed by atoms with Crippen molar-refractivity contribution in [2.24, 2.45) is 0 Å². The van der Waals surface area contributed by atoms with Crippen molar-refractivity contribution in [3.8, 4) is 16.9 Å². The Hall–Kier alpha value is -2.78. The highest BCUT2D eigenvalue weighted by Gasteiger charge is 2.39. The molecule has 3 nitrogen and oxygen atoms in total. The van der Waals surface area contributed by atoms with Gasteiger partial charge >= 0.3 is 0 Å². The Kier molecular flexibility index (Phi) is 4.99. The first-order chi connectivity index (χ1) is 14.3. The Morgan fingerprint density at radius 1 is 0.897 bits per heavy atom. The molecule has 3 unspecified atom stereocenters. The molecule has 3 aromatic rings. The van der Waals surface area contributed by atoms with Crippen molar-refractivity contribution in [1.82, 2.24) is 5.32 Å². The predicted molar refractivity (Wildman–Crippen MR) is 119 cm³/mol. The number of nitrogens with one attached hydrogen (secondary N) is 2. The third kappa shape index (κ3) is 3.75. The lowest BCUT2D eigenvalue weighted by atomic mass is 9.79. The number of hydrogen-bond acceptors (Lipinski definition) is 3. The zero-order chi connectivity index (χ0) is 19.6. The summed E-state index contributed by atoms with van der Waals surface area (Å²) < 4.78 is 0. The van der Waals surface area contributed by atoms with Crippen LogP contribution in [0.5, 0.6) is 5.75 Å². The molecule has 1 aliphatic heterocycles. The van der Waals surface area contributed by atoms with Gasteiger partial charge in [-0.15, -0.1) is 0 Å². The molecule has 1 fully saturated rings. The summed E-state index contributed by atoms with van der Waals surface area (Å²) in [5.74, 6) is 0.924. The maximum Gasteiger partial charge on any atom is 0.115 e. The Morgan fingerprint density at radius 3 is 2.55 bits per heavy atom. The maximum absolute atomic E-state index is 9.44. The zero-order valence-electron chi connectivity index (χ0n) is 16.6. The van der Waals surface area contributed by atoms with E-state index in [9.17, 15) is 5.11 Å². The highest BCUT2D eigenvalue weighted by molar-refractivity contribution is 5.71. The molecule has 1 heterocycles. The number of phenols is 1. The van der Waals surface area contributed by atoms with Crippen LogP contribution in [0.2, 0.25) is 0 Å². The second kappa shape index (κ2) is 7.92. The summed E-state index contributed by atoms with van der Waals surface area (Å²) in [5.41, 5.74) is 6.67. The van der Waals surface area contributed by atoms with Gasteiger partial charge in [0, 0.05) is 23.7 Å². The van der Waals surface area contributed by atoms with E-state index >= 15 is 0 Å². The fraction of sp³-hybridized carbons (Fsp3) is 0.308. The van der Waals surface area contributed by atoms with Crippen LogP contribution in [-0.4, -0.2) is 23.7 Å². The van der Waals surface area contributed by atoms with Crippen LogP contribution in [0.15, 0.2) is 72.8 Å². The molecular weight excluding hydrogens is 356 g/mol. The van der Waals surface area contributed by atoms with Crippen LogP contribution < -0.4 is 10.6 Å². The van der Waals surface area contributed by atoms with E-state index in [2.05, 4.69) is 59.2 Å². The first kappa shape index (κ1) is 18.3. The van der Waals surface area contributed by atoms with Gasteiger partial charge < -0.3 is 15.7 Å². The van der Waals surface area contributed by atoms with E-state index in [1.54, 1.807) is 12.1 Å². The summed E-state index contributed by atoms with van der Waals surface area (Å²) in [7, 11) is 0. The number of benzene rings is 3. The van der Waals surface area contributed by atoms with Crippen LogP contribution >= 0.6 is 0 Å². The van der Waals surface area contributed by atoms with Gasteiger partial charge in [-0.1, -0.05) is 55.0 Å². The molecule has 0 amide bonds. The van der Waals surface area contributed by atoms with Gasteiger partial charge in [0.15, 0.2) is 0 Å². The van der Waals surface area contributed by atoms with Crippen LogP contribution in [0.3, 0.4) is 0 Å². The number of aromatic hydroxyl groups is 1. The van der Waals surface area contributed by atoms with Crippen LogP contribution in [0.4, 0.5) is 5.69 Å². The number of hydrogen-bond donors (Lipinski definition) is 3. The van der Waals surface area contributed by atoms with Gasteiger partial charge in [0.1, 0.15) is 5.75 Å². The van der Waals surface area contributed by atoms with Gasteiger partial charge in [0.05, 0.1) is 0 Å². The van der Waals surface area contributed by atoms with E-state index < -0.39 is 0 Å². The molecular formula is C26H28N2O. The smallest absolute Gasteiger partial charge is 0.115 e. The summed E-state index contributed by atoms with van der Waals surface area (Å²) in [4.78, 5) is 0. The topological polar surface area (TPSA) is 44.3 Å². The fourth-order valence-corrected chi connectivity index (χ4v) is 5.03. The van der Waals surface area contributed by atoms with Crippen LogP contribution in [0.25, 0.3) is 11.1 Å². The highest BCUT2D eigenvalue weighted by Crippen LogP contribution is 2.45. The molecule has 3 aromatic carbocycles. The van der Waals surface area contributed by atoms with Crippen molar-refractivity contribution in [2.45, 2.75) is 43.7 Å². The molecule has 0 bridgehead atoms. The van der Waals surface area contributed by atoms with Crippen LogP contribution in [0.1, 0.15) is 36.3 Å². The molecule has 5 rings (SSSR count). The van der Waals surface area contributed by atoms with Gasteiger partial charge in [0.2, 0.25) is 0 Å². The Bertz CT molecular complexity index is 968. The summed E-state index contributed by atoms with van der Waals surface area (Å²) in [6.45, 7) is 0.964. The van der Waals surface area contributed by atoms with Crippen molar-refractivity contribution in [2.75, 3.05) is 11.9 Å². The largest absolute Gasteiger partial charge is 0.508 e. The van der Waals surface area contributed by atoms with Crippen LogP contribution in [0, 0.1) is 0 Å². The van der Waals surface area contributed by atoms with E-state index in [4.69, 9.17) is 0 Å². The number of phenolic OH excluding ortho intramolecular Hbond substituents is 1. The van der Waals surface area contributed by atoms with Gasteiger partial charge in [0.25, 0.3) is 0 Å². The van der Waals surface area contributed by atoms with E-state index in [1.165, 1.54) is 47.2 Å². The molecule has 148 valence electrons. The summed E-state index contributed by atoms with van der Waals surface area (Å²) in [6, 6.07) is 26.1. The molecule has 0 aromatic heterocycles. The average molecular weight is 385 g/mol. The van der Waals surface area contributed by atoms with Gasteiger partial charge in [-0.3, -0.25) is 0 Å². The molecule has 0 radical (unpaired) electrons. The molecule has 3 heteroatoms. The molecule has 1 aliphatic carbocycles. The molecule has 0 spiro atoms. The first-order valence-corrected chi connectivity index (χ1v) is 10.7. The van der Waals surface area contributed by atoms with Gasteiger partial charge in [-0.05, 0) is 72.3 Å². The molecule has 3 atom stereocenters. The lowest BCUT2D eigenvalue weighted by molar-refractivity contribution is 0.322. The molecule has 1 saturated carbocycles. The Labute approximate surface area is 172 Å². The van der Waals surface area contributed by atoms with Crippen molar-refractivity contribution in [3.63, 3.8) is 0 Å². The number of anilines is 1. The Balaban J connectivity index is 1.28. The molecule has 2 aliphatic rings. The minimum absolute atomic E-state index is 0.333. The summed E-state index contributed by atoms with van der Waals surface area (Å²) in [5, 5.41) is 17.1. The molecule has 29 heavy (non-hydrogen) atoms. The van der Waals surface area contributed by atoms with Crippen molar-refractivity contribution >= 4 is 5.69 Å². The fourth-order valence-electron chi connectivity index (χ4n) is 5.03. The van der Waals surface area contributed by atoms with E-state index in [-0.39, 0.29) is 0 Å². The third-order valence-electron chi connectivity index (χ3n) is 6.53. The van der Waals surface area contributed by atoms with Gasteiger partial charge in [-0.25, -0.2) is 0 Å². The quantitative estimate of drug-likeness (QED) is 0.558. The Morgan fingerprint density at radius 2 is 1.72 bits per heavy atom. The second-order valence-corrected chi connectivity index (χ2v) is 8.35. The van der Waals surface area contributed by atoms with Gasteiger partial charge in [-0.2, -0.15) is 0 Å². The maximum atomic E-state index is 9.44. The van der Waals surface area contributed by atoms with E-state index in [0.29, 0.717) is 23.8 Å². The van der Waals surface area contributed by atoms with Crippen molar-refractivity contribution in [3.05, 3.63) is 83.9 Å². The standard InChI is InChI=1S/C26H28N2O/c29-21-12-9-18(10-13-21)15-16-27-25-8-4-7-22-23-17-20(19-5-2-1-3-6-19)11-14-24(23)28-26(22)25/h1-3,5-6,9-14,17,22,25-29H,4,7-8,15-16H2. The average Bonchev–Trinajstić information content (AvgIpc) is 3.15. The lowest BCUT2D eigenvalue weighted by Crippen LogP contribution is -2.47. The first-order valence-electron chi connectivity index (χ1n) is 10.7. The SMILES string of the molecule is Oc1ccc(CCNC2CCCC3c4cc(-c5ccccc5)ccc4NC23)cc1.